The monoisotopic (exact) mass is 296 g/mol. The van der Waals surface area contributed by atoms with Gasteiger partial charge in [0, 0.05) is 16.0 Å². The standard InChI is InChI=1S/C11H9IN2/c1-8-2-3-10(14-7-8)11-6-9(12)4-5-13-11/h2-7H,1H3. The Labute approximate surface area is 96.6 Å². The Kier molecular flexibility index (Phi) is 2.77. The second-order valence-electron chi connectivity index (χ2n) is 3.08. The third-order valence-corrected chi connectivity index (χ3v) is 2.57. The first-order valence-electron chi connectivity index (χ1n) is 4.30. The van der Waals surface area contributed by atoms with Crippen LogP contribution in [0, 0.1) is 10.5 Å². The summed E-state index contributed by atoms with van der Waals surface area (Å²) in [4.78, 5) is 8.60. The molecular weight excluding hydrogens is 287 g/mol. The van der Waals surface area contributed by atoms with Crippen LogP contribution in [0.15, 0.2) is 36.7 Å². The summed E-state index contributed by atoms with van der Waals surface area (Å²) in [6.07, 6.45) is 3.66. The Morgan fingerprint density at radius 2 is 1.93 bits per heavy atom. The van der Waals surface area contributed by atoms with E-state index < -0.39 is 0 Å². The molecule has 0 amide bonds. The van der Waals surface area contributed by atoms with Gasteiger partial charge in [0.05, 0.1) is 11.4 Å². The number of aromatic nitrogens is 2. The summed E-state index contributed by atoms with van der Waals surface area (Å²) in [6.45, 7) is 2.03. The topological polar surface area (TPSA) is 25.8 Å². The van der Waals surface area contributed by atoms with E-state index in [0.29, 0.717) is 0 Å². The summed E-state index contributed by atoms with van der Waals surface area (Å²) in [6, 6.07) is 8.04. The summed E-state index contributed by atoms with van der Waals surface area (Å²) in [5.41, 5.74) is 3.02. The predicted octanol–water partition coefficient (Wildman–Crippen LogP) is 3.06. The molecule has 3 heteroatoms. The lowest BCUT2D eigenvalue weighted by molar-refractivity contribution is 1.22. The Hall–Kier alpha value is -0.970. The first-order valence-corrected chi connectivity index (χ1v) is 5.38. The number of halogens is 1. The summed E-state index contributed by atoms with van der Waals surface area (Å²) < 4.78 is 1.18. The fraction of sp³-hybridized carbons (Fsp3) is 0.0909. The highest BCUT2D eigenvalue weighted by Crippen LogP contribution is 2.16. The van der Waals surface area contributed by atoms with Gasteiger partial charge in [-0.15, -0.1) is 0 Å². The molecule has 0 radical (unpaired) electrons. The first-order chi connectivity index (χ1) is 6.75. The lowest BCUT2D eigenvalue weighted by Crippen LogP contribution is -1.87. The molecule has 14 heavy (non-hydrogen) atoms. The van der Waals surface area contributed by atoms with Crippen molar-refractivity contribution >= 4 is 22.6 Å². The Balaban J connectivity index is 2.44. The second kappa shape index (κ2) is 4.04. The fourth-order valence-electron chi connectivity index (χ4n) is 1.16. The molecule has 0 aliphatic carbocycles. The van der Waals surface area contributed by atoms with Crippen LogP contribution >= 0.6 is 22.6 Å². The molecule has 2 rings (SSSR count). The summed E-state index contributed by atoms with van der Waals surface area (Å²) >= 11 is 2.27. The molecule has 0 fully saturated rings. The van der Waals surface area contributed by atoms with Crippen LogP contribution in [0.25, 0.3) is 11.4 Å². The van der Waals surface area contributed by atoms with E-state index in [4.69, 9.17) is 0 Å². The lowest BCUT2D eigenvalue weighted by Gasteiger charge is -2.00. The molecule has 0 spiro atoms. The van der Waals surface area contributed by atoms with Crippen LogP contribution in [0.2, 0.25) is 0 Å². The van der Waals surface area contributed by atoms with Crippen molar-refractivity contribution in [1.29, 1.82) is 0 Å². The van der Waals surface area contributed by atoms with Crippen LogP contribution < -0.4 is 0 Å². The zero-order chi connectivity index (χ0) is 9.97. The van der Waals surface area contributed by atoms with Gasteiger partial charge in [-0.2, -0.15) is 0 Å². The summed E-state index contributed by atoms with van der Waals surface area (Å²) in [5, 5.41) is 0. The first kappa shape index (κ1) is 9.58. The molecule has 0 aliphatic rings. The van der Waals surface area contributed by atoms with Gasteiger partial charge >= 0.3 is 0 Å². The SMILES string of the molecule is Cc1ccc(-c2cc(I)ccn2)nc1. The highest BCUT2D eigenvalue weighted by Gasteiger charge is 1.99. The van der Waals surface area contributed by atoms with E-state index in [1.807, 2.05) is 37.4 Å². The molecule has 2 heterocycles. The van der Waals surface area contributed by atoms with Gasteiger partial charge in [0.2, 0.25) is 0 Å². The quantitative estimate of drug-likeness (QED) is 0.756. The molecule has 2 aromatic heterocycles. The van der Waals surface area contributed by atoms with E-state index >= 15 is 0 Å². The van der Waals surface area contributed by atoms with Crippen molar-refractivity contribution in [2.24, 2.45) is 0 Å². The number of aryl methyl sites for hydroxylation is 1. The van der Waals surface area contributed by atoms with Crippen LogP contribution in [0.4, 0.5) is 0 Å². The minimum atomic E-state index is 0.925. The molecule has 2 aromatic rings. The third-order valence-electron chi connectivity index (χ3n) is 1.90. The molecular formula is C11H9IN2. The van der Waals surface area contributed by atoms with Gasteiger partial charge in [-0.1, -0.05) is 6.07 Å². The minimum Gasteiger partial charge on any atom is -0.255 e. The van der Waals surface area contributed by atoms with Gasteiger partial charge in [0.15, 0.2) is 0 Å². The van der Waals surface area contributed by atoms with E-state index in [-0.39, 0.29) is 0 Å². The Morgan fingerprint density at radius 3 is 2.57 bits per heavy atom. The Morgan fingerprint density at radius 1 is 1.07 bits per heavy atom. The van der Waals surface area contributed by atoms with E-state index in [9.17, 15) is 0 Å². The van der Waals surface area contributed by atoms with E-state index in [1.54, 1.807) is 6.20 Å². The van der Waals surface area contributed by atoms with Crippen molar-refractivity contribution < 1.29 is 0 Å². The van der Waals surface area contributed by atoms with Crippen molar-refractivity contribution in [3.05, 3.63) is 45.8 Å². The average Bonchev–Trinajstić information content (AvgIpc) is 2.19. The number of nitrogens with zero attached hydrogens (tertiary/aromatic N) is 2. The van der Waals surface area contributed by atoms with Crippen LogP contribution in [0.1, 0.15) is 5.56 Å². The number of rotatable bonds is 1. The van der Waals surface area contributed by atoms with Gasteiger partial charge in [-0.05, 0) is 53.3 Å². The maximum Gasteiger partial charge on any atom is 0.0896 e. The highest BCUT2D eigenvalue weighted by molar-refractivity contribution is 14.1. The molecule has 0 saturated heterocycles. The van der Waals surface area contributed by atoms with Gasteiger partial charge in [0.1, 0.15) is 0 Å². The number of hydrogen-bond acceptors (Lipinski definition) is 2. The van der Waals surface area contributed by atoms with Crippen LogP contribution in [-0.4, -0.2) is 9.97 Å². The minimum absolute atomic E-state index is 0.925. The molecule has 2 nitrogen and oxygen atoms in total. The molecule has 0 bridgehead atoms. The lowest BCUT2D eigenvalue weighted by atomic mass is 10.2. The molecule has 70 valence electrons. The van der Waals surface area contributed by atoms with Crippen LogP contribution in [0.5, 0.6) is 0 Å². The second-order valence-corrected chi connectivity index (χ2v) is 4.33. The molecule has 0 atom stereocenters. The van der Waals surface area contributed by atoms with Crippen molar-refractivity contribution in [1.82, 2.24) is 9.97 Å². The van der Waals surface area contributed by atoms with E-state index in [0.717, 1.165) is 11.4 Å². The van der Waals surface area contributed by atoms with Crippen molar-refractivity contribution in [3.8, 4) is 11.4 Å². The maximum absolute atomic E-state index is 4.32. The summed E-state index contributed by atoms with van der Waals surface area (Å²) in [7, 11) is 0. The summed E-state index contributed by atoms with van der Waals surface area (Å²) in [5.74, 6) is 0. The molecule has 0 saturated carbocycles. The molecule has 0 unspecified atom stereocenters. The highest BCUT2D eigenvalue weighted by atomic mass is 127. The van der Waals surface area contributed by atoms with Crippen molar-refractivity contribution in [2.45, 2.75) is 6.92 Å². The van der Waals surface area contributed by atoms with Gasteiger partial charge in [-0.25, -0.2) is 0 Å². The van der Waals surface area contributed by atoms with Crippen molar-refractivity contribution in [2.75, 3.05) is 0 Å². The van der Waals surface area contributed by atoms with Crippen LogP contribution in [-0.2, 0) is 0 Å². The van der Waals surface area contributed by atoms with Gasteiger partial charge < -0.3 is 0 Å². The average molecular weight is 296 g/mol. The smallest absolute Gasteiger partial charge is 0.0896 e. The molecule has 0 aromatic carbocycles. The Bertz CT molecular complexity index is 437. The third kappa shape index (κ3) is 2.09. The predicted molar refractivity (Wildman–Crippen MR) is 64.9 cm³/mol. The normalized spacial score (nSPS) is 10.1. The zero-order valence-electron chi connectivity index (χ0n) is 7.74. The molecule has 0 N–H and O–H groups in total. The molecule has 0 aliphatic heterocycles. The van der Waals surface area contributed by atoms with Gasteiger partial charge in [0.25, 0.3) is 0 Å². The number of pyridine rings is 2. The van der Waals surface area contributed by atoms with E-state index in [1.165, 1.54) is 9.13 Å². The van der Waals surface area contributed by atoms with Crippen LogP contribution in [0.3, 0.4) is 0 Å². The fourth-order valence-corrected chi connectivity index (χ4v) is 1.62. The van der Waals surface area contributed by atoms with E-state index in [2.05, 4.69) is 32.6 Å². The maximum atomic E-state index is 4.32. The largest absolute Gasteiger partial charge is 0.255 e. The zero-order valence-corrected chi connectivity index (χ0v) is 9.89. The number of hydrogen-bond donors (Lipinski definition) is 0. The van der Waals surface area contributed by atoms with Gasteiger partial charge in [-0.3, -0.25) is 9.97 Å². The van der Waals surface area contributed by atoms with Crippen molar-refractivity contribution in [3.63, 3.8) is 0 Å².